The van der Waals surface area contributed by atoms with Crippen molar-refractivity contribution in [3.63, 3.8) is 0 Å². The van der Waals surface area contributed by atoms with Gasteiger partial charge in [-0.2, -0.15) is 0 Å². The third-order valence-electron chi connectivity index (χ3n) is 4.43. The highest BCUT2D eigenvalue weighted by atomic mass is 16.1. The summed E-state index contributed by atoms with van der Waals surface area (Å²) in [7, 11) is 1.69. The molecule has 0 bridgehead atoms. The van der Waals surface area contributed by atoms with Gasteiger partial charge in [0.25, 0.3) is 0 Å². The summed E-state index contributed by atoms with van der Waals surface area (Å²) in [6, 6.07) is 7.77. The van der Waals surface area contributed by atoms with Gasteiger partial charge in [-0.3, -0.25) is 9.78 Å². The molecule has 1 fully saturated rings. The quantitative estimate of drug-likeness (QED) is 0.933. The van der Waals surface area contributed by atoms with Crippen molar-refractivity contribution in [3.05, 3.63) is 36.2 Å². The first-order valence-corrected chi connectivity index (χ1v) is 8.38. The summed E-state index contributed by atoms with van der Waals surface area (Å²) >= 11 is 0. The van der Waals surface area contributed by atoms with Crippen LogP contribution in [0.25, 0.3) is 11.5 Å². The molecule has 1 amide bonds. The summed E-state index contributed by atoms with van der Waals surface area (Å²) in [6.07, 6.45) is 4.39. The Kier molecular flexibility index (Phi) is 5.03. The highest BCUT2D eigenvalue weighted by Gasteiger charge is 2.22. The average Bonchev–Trinajstić information content (AvgIpc) is 2.62. The van der Waals surface area contributed by atoms with Crippen molar-refractivity contribution in [3.8, 4) is 11.5 Å². The number of aryl methyl sites for hydroxylation is 1. The minimum Gasteiger partial charge on any atom is -0.359 e. The highest BCUT2D eigenvalue weighted by molar-refractivity contribution is 5.75. The number of pyridine rings is 1. The minimum absolute atomic E-state index is 0.128. The Bertz CT molecular complexity index is 696. The number of nitrogens with zero attached hydrogens (tertiary/aromatic N) is 4. The molecule has 0 spiro atoms. The first kappa shape index (κ1) is 16.4. The van der Waals surface area contributed by atoms with Crippen LogP contribution in [-0.4, -0.2) is 41.0 Å². The Morgan fingerprint density at radius 2 is 2.08 bits per heavy atom. The van der Waals surface area contributed by atoms with E-state index in [-0.39, 0.29) is 5.91 Å². The number of carbonyl (C=O) groups excluding carboxylic acids is 1. The van der Waals surface area contributed by atoms with E-state index in [1.165, 1.54) is 0 Å². The van der Waals surface area contributed by atoms with Gasteiger partial charge in [0.15, 0.2) is 5.82 Å². The van der Waals surface area contributed by atoms with Crippen molar-refractivity contribution in [2.45, 2.75) is 26.2 Å². The monoisotopic (exact) mass is 325 g/mol. The third-order valence-corrected chi connectivity index (χ3v) is 4.43. The zero-order chi connectivity index (χ0) is 16.9. The van der Waals surface area contributed by atoms with Gasteiger partial charge in [-0.15, -0.1) is 0 Å². The van der Waals surface area contributed by atoms with Gasteiger partial charge in [0.1, 0.15) is 11.5 Å². The van der Waals surface area contributed by atoms with Gasteiger partial charge < -0.3 is 10.2 Å². The predicted octanol–water partition coefficient (Wildman–Crippen LogP) is 2.20. The van der Waals surface area contributed by atoms with Crippen LogP contribution in [0.15, 0.2) is 30.5 Å². The molecular formula is C18H23N5O. The van der Waals surface area contributed by atoms with E-state index in [9.17, 15) is 4.79 Å². The summed E-state index contributed by atoms with van der Waals surface area (Å²) in [5, 5.41) is 2.71. The molecule has 0 unspecified atom stereocenters. The molecule has 6 heteroatoms. The van der Waals surface area contributed by atoms with E-state index in [0.29, 0.717) is 18.2 Å². The standard InChI is InChI=1S/C18H23N5O/c1-13-11-16(22-18(21-13)15-5-3-4-8-20-15)23-9-6-14(7-10-23)12-17(24)19-2/h3-5,8,11,14H,6-7,9-10,12H2,1-2H3,(H,19,24). The molecule has 1 saturated heterocycles. The number of carbonyl (C=O) groups is 1. The first-order valence-electron chi connectivity index (χ1n) is 8.38. The Morgan fingerprint density at radius 3 is 2.75 bits per heavy atom. The molecule has 0 saturated carbocycles. The zero-order valence-corrected chi connectivity index (χ0v) is 14.2. The number of nitrogens with one attached hydrogen (secondary N) is 1. The normalized spacial score (nSPS) is 15.3. The average molecular weight is 325 g/mol. The SMILES string of the molecule is CNC(=O)CC1CCN(c2cc(C)nc(-c3ccccn3)n2)CC1. The second kappa shape index (κ2) is 7.38. The van der Waals surface area contributed by atoms with E-state index >= 15 is 0 Å². The fraction of sp³-hybridized carbons (Fsp3) is 0.444. The van der Waals surface area contributed by atoms with Crippen LogP contribution in [0.3, 0.4) is 0 Å². The number of rotatable bonds is 4. The molecule has 1 aliphatic rings. The van der Waals surface area contributed by atoms with E-state index in [1.54, 1.807) is 13.2 Å². The van der Waals surface area contributed by atoms with Crippen LogP contribution in [0.4, 0.5) is 5.82 Å². The van der Waals surface area contributed by atoms with Crippen molar-refractivity contribution in [1.29, 1.82) is 0 Å². The second-order valence-corrected chi connectivity index (χ2v) is 6.21. The number of amides is 1. The Morgan fingerprint density at radius 1 is 1.29 bits per heavy atom. The van der Waals surface area contributed by atoms with E-state index in [4.69, 9.17) is 4.98 Å². The molecule has 1 N–H and O–H groups in total. The highest BCUT2D eigenvalue weighted by Crippen LogP contribution is 2.25. The molecule has 1 aliphatic heterocycles. The van der Waals surface area contributed by atoms with Gasteiger partial charge in [0.05, 0.1) is 0 Å². The molecule has 0 atom stereocenters. The van der Waals surface area contributed by atoms with Crippen LogP contribution in [0.1, 0.15) is 25.0 Å². The van der Waals surface area contributed by atoms with Crippen molar-refractivity contribution < 1.29 is 4.79 Å². The van der Waals surface area contributed by atoms with Crippen molar-refractivity contribution in [2.24, 2.45) is 5.92 Å². The Labute approximate surface area is 142 Å². The first-order chi connectivity index (χ1) is 11.7. The van der Waals surface area contributed by atoms with Gasteiger partial charge >= 0.3 is 0 Å². The second-order valence-electron chi connectivity index (χ2n) is 6.21. The van der Waals surface area contributed by atoms with E-state index in [2.05, 4.69) is 20.2 Å². The predicted molar refractivity (Wildman–Crippen MR) is 93.6 cm³/mol. The topological polar surface area (TPSA) is 71.0 Å². The molecule has 2 aromatic rings. The molecule has 24 heavy (non-hydrogen) atoms. The number of piperidine rings is 1. The Balaban J connectivity index is 1.72. The summed E-state index contributed by atoms with van der Waals surface area (Å²) < 4.78 is 0. The summed E-state index contributed by atoms with van der Waals surface area (Å²) in [4.78, 5) is 27.4. The van der Waals surface area contributed by atoms with Gasteiger partial charge in [0.2, 0.25) is 5.91 Å². The van der Waals surface area contributed by atoms with Gasteiger partial charge in [-0.05, 0) is 37.8 Å². The number of anilines is 1. The third kappa shape index (κ3) is 3.88. The lowest BCUT2D eigenvalue weighted by Crippen LogP contribution is -2.36. The van der Waals surface area contributed by atoms with Gasteiger partial charge in [-0.1, -0.05) is 6.07 Å². The minimum atomic E-state index is 0.128. The van der Waals surface area contributed by atoms with Crippen LogP contribution in [0, 0.1) is 12.8 Å². The number of hydrogen-bond acceptors (Lipinski definition) is 5. The molecule has 0 aliphatic carbocycles. The van der Waals surface area contributed by atoms with Gasteiger partial charge in [0, 0.05) is 44.5 Å². The van der Waals surface area contributed by atoms with Crippen molar-refractivity contribution >= 4 is 11.7 Å². The largest absolute Gasteiger partial charge is 0.359 e. The molecule has 6 nitrogen and oxygen atoms in total. The van der Waals surface area contributed by atoms with E-state index in [1.807, 2.05) is 31.2 Å². The fourth-order valence-corrected chi connectivity index (χ4v) is 3.05. The summed E-state index contributed by atoms with van der Waals surface area (Å²) in [6.45, 7) is 3.81. The fourth-order valence-electron chi connectivity index (χ4n) is 3.05. The van der Waals surface area contributed by atoms with Crippen LogP contribution in [0.5, 0.6) is 0 Å². The van der Waals surface area contributed by atoms with E-state index < -0.39 is 0 Å². The molecule has 0 aromatic carbocycles. The number of aromatic nitrogens is 3. The van der Waals surface area contributed by atoms with Crippen LogP contribution < -0.4 is 10.2 Å². The lowest BCUT2D eigenvalue weighted by molar-refractivity contribution is -0.121. The lowest BCUT2D eigenvalue weighted by atomic mass is 9.93. The lowest BCUT2D eigenvalue weighted by Gasteiger charge is -2.32. The van der Waals surface area contributed by atoms with E-state index in [0.717, 1.165) is 43.1 Å². The van der Waals surface area contributed by atoms with Crippen LogP contribution >= 0.6 is 0 Å². The molecular weight excluding hydrogens is 302 g/mol. The molecule has 126 valence electrons. The molecule has 2 aromatic heterocycles. The maximum Gasteiger partial charge on any atom is 0.220 e. The van der Waals surface area contributed by atoms with Crippen LogP contribution in [-0.2, 0) is 4.79 Å². The Hall–Kier alpha value is -2.50. The summed E-state index contributed by atoms with van der Waals surface area (Å²) in [5.74, 6) is 2.20. The van der Waals surface area contributed by atoms with Crippen molar-refractivity contribution in [1.82, 2.24) is 20.3 Å². The maximum atomic E-state index is 11.5. The maximum absolute atomic E-state index is 11.5. The summed E-state index contributed by atoms with van der Waals surface area (Å²) in [5.41, 5.74) is 1.73. The number of hydrogen-bond donors (Lipinski definition) is 1. The smallest absolute Gasteiger partial charge is 0.220 e. The molecule has 0 radical (unpaired) electrons. The van der Waals surface area contributed by atoms with Crippen LogP contribution in [0.2, 0.25) is 0 Å². The zero-order valence-electron chi connectivity index (χ0n) is 14.2. The molecule has 3 heterocycles. The molecule has 3 rings (SSSR count). The van der Waals surface area contributed by atoms with Gasteiger partial charge in [-0.25, -0.2) is 9.97 Å². The van der Waals surface area contributed by atoms with Crippen molar-refractivity contribution in [2.75, 3.05) is 25.0 Å².